The molecule has 0 amide bonds. The van der Waals surface area contributed by atoms with E-state index >= 15 is 0 Å². The van der Waals surface area contributed by atoms with Crippen molar-refractivity contribution in [1.29, 1.82) is 0 Å². The lowest BCUT2D eigenvalue weighted by Gasteiger charge is -2.27. The number of halogens is 3. The molecule has 0 aromatic rings. The number of carbonyl (C=O) groups is 1. The highest BCUT2D eigenvalue weighted by atomic mass is 32.1. The normalized spacial score (nSPS) is 16.8. The molecule has 70 valence electrons. The van der Waals surface area contributed by atoms with Crippen LogP contribution in [0.5, 0.6) is 0 Å². The van der Waals surface area contributed by atoms with Crippen molar-refractivity contribution in [3.8, 4) is 0 Å². The van der Waals surface area contributed by atoms with E-state index < -0.39 is 23.1 Å². The highest BCUT2D eigenvalue weighted by molar-refractivity contribution is 7.96. The Balaban J connectivity index is 4.86. The quantitative estimate of drug-likeness (QED) is 0.545. The van der Waals surface area contributed by atoms with Gasteiger partial charge in [0.05, 0.1) is 0 Å². The van der Waals surface area contributed by atoms with Gasteiger partial charge in [0.2, 0.25) is 5.12 Å². The maximum Gasteiger partial charge on any atom is 0.402 e. The van der Waals surface area contributed by atoms with Crippen LogP contribution in [0.4, 0.5) is 13.2 Å². The van der Waals surface area contributed by atoms with Crippen molar-refractivity contribution in [3.63, 3.8) is 0 Å². The second-order valence-corrected chi connectivity index (χ2v) is 3.03. The summed E-state index contributed by atoms with van der Waals surface area (Å²) in [6.45, 7) is 3.96. The molecule has 0 rings (SSSR count). The largest absolute Gasteiger partial charge is 0.402 e. The van der Waals surface area contributed by atoms with Gasteiger partial charge in [-0.15, -0.1) is 19.2 Å². The molecule has 0 aliphatic heterocycles. The number of rotatable bonds is 3. The summed E-state index contributed by atoms with van der Waals surface area (Å²) in [6, 6.07) is 0. The number of carbonyl (C=O) groups excluding carboxylic acids is 1. The van der Waals surface area contributed by atoms with E-state index in [0.29, 0.717) is 0 Å². The lowest BCUT2D eigenvalue weighted by atomic mass is 9.87. The predicted molar refractivity (Wildman–Crippen MR) is 43.0 cm³/mol. The lowest BCUT2D eigenvalue weighted by Crippen LogP contribution is -2.39. The molecular formula is C7H9F3OS. The third-order valence-corrected chi connectivity index (χ3v) is 2.14. The smallest absolute Gasteiger partial charge is 0.286 e. The Labute approximate surface area is 74.1 Å². The van der Waals surface area contributed by atoms with Crippen molar-refractivity contribution in [1.82, 2.24) is 0 Å². The zero-order chi connectivity index (χ0) is 9.99. The molecule has 0 saturated carbocycles. The molecular weight excluding hydrogens is 189 g/mol. The molecule has 1 nitrogen and oxygen atoms in total. The molecule has 0 bridgehead atoms. The summed E-state index contributed by atoms with van der Waals surface area (Å²) < 4.78 is 36.7. The van der Waals surface area contributed by atoms with Crippen LogP contribution in [0.1, 0.15) is 13.3 Å². The summed E-state index contributed by atoms with van der Waals surface area (Å²) >= 11 is 3.20. The van der Waals surface area contributed by atoms with Crippen LogP contribution < -0.4 is 0 Å². The average molecular weight is 198 g/mol. The first-order valence-electron chi connectivity index (χ1n) is 3.16. The summed E-state index contributed by atoms with van der Waals surface area (Å²) in [5.41, 5.74) is -2.40. The Kier molecular flexibility index (Phi) is 3.38. The van der Waals surface area contributed by atoms with Crippen molar-refractivity contribution < 1.29 is 18.0 Å². The van der Waals surface area contributed by atoms with Crippen LogP contribution in [-0.2, 0) is 4.79 Å². The topological polar surface area (TPSA) is 17.1 Å². The van der Waals surface area contributed by atoms with Crippen LogP contribution >= 0.6 is 12.6 Å². The van der Waals surface area contributed by atoms with Gasteiger partial charge in [0.1, 0.15) is 5.41 Å². The molecule has 5 heteroatoms. The molecule has 0 saturated heterocycles. The van der Waals surface area contributed by atoms with Crippen molar-refractivity contribution in [3.05, 3.63) is 12.7 Å². The van der Waals surface area contributed by atoms with Crippen LogP contribution in [0.15, 0.2) is 12.7 Å². The molecule has 1 atom stereocenters. The van der Waals surface area contributed by atoms with Crippen molar-refractivity contribution in [2.45, 2.75) is 19.5 Å². The molecule has 0 radical (unpaired) electrons. The van der Waals surface area contributed by atoms with Crippen molar-refractivity contribution in [2.24, 2.45) is 5.41 Å². The SMILES string of the molecule is C=CCC(C)(C(=O)S)C(F)(F)F. The Bertz CT molecular complexity index is 199. The fourth-order valence-electron chi connectivity index (χ4n) is 0.613. The van der Waals surface area contributed by atoms with E-state index in [1.807, 2.05) is 0 Å². The van der Waals surface area contributed by atoms with Gasteiger partial charge in [-0.1, -0.05) is 6.08 Å². The first-order valence-corrected chi connectivity index (χ1v) is 3.61. The number of hydrogen-bond donors (Lipinski definition) is 1. The van der Waals surface area contributed by atoms with E-state index in [-0.39, 0.29) is 0 Å². The van der Waals surface area contributed by atoms with Crippen LogP contribution in [0.25, 0.3) is 0 Å². The van der Waals surface area contributed by atoms with Crippen LogP contribution in [0.2, 0.25) is 0 Å². The number of hydrogen-bond acceptors (Lipinski definition) is 1. The first kappa shape index (κ1) is 11.6. The van der Waals surface area contributed by atoms with Gasteiger partial charge in [-0.3, -0.25) is 4.79 Å². The fraction of sp³-hybridized carbons (Fsp3) is 0.571. The number of allylic oxidation sites excluding steroid dienone is 1. The minimum Gasteiger partial charge on any atom is -0.286 e. The molecule has 0 aliphatic rings. The van der Waals surface area contributed by atoms with Crippen LogP contribution in [-0.4, -0.2) is 11.3 Å². The van der Waals surface area contributed by atoms with Gasteiger partial charge in [0.15, 0.2) is 0 Å². The molecule has 1 unspecified atom stereocenters. The number of thiol groups is 1. The van der Waals surface area contributed by atoms with E-state index in [1.165, 1.54) is 0 Å². The third kappa shape index (κ3) is 2.03. The Morgan fingerprint density at radius 3 is 2.08 bits per heavy atom. The summed E-state index contributed by atoms with van der Waals surface area (Å²) in [5.74, 6) is 0. The van der Waals surface area contributed by atoms with E-state index in [9.17, 15) is 18.0 Å². The average Bonchev–Trinajstić information content (AvgIpc) is 1.85. The zero-order valence-electron chi connectivity index (χ0n) is 6.48. The van der Waals surface area contributed by atoms with Gasteiger partial charge in [-0.25, -0.2) is 0 Å². The Hall–Kier alpha value is -0.450. The van der Waals surface area contributed by atoms with Gasteiger partial charge in [-0.05, 0) is 13.3 Å². The predicted octanol–water partition coefficient (Wildman–Crippen LogP) is 2.59. The van der Waals surface area contributed by atoms with E-state index in [4.69, 9.17) is 0 Å². The summed E-state index contributed by atoms with van der Waals surface area (Å²) in [5, 5.41) is -1.19. The third-order valence-electron chi connectivity index (χ3n) is 1.65. The monoisotopic (exact) mass is 198 g/mol. The van der Waals surface area contributed by atoms with Gasteiger partial charge in [0, 0.05) is 0 Å². The molecule has 0 aromatic heterocycles. The summed E-state index contributed by atoms with van der Waals surface area (Å²) in [4.78, 5) is 10.6. The van der Waals surface area contributed by atoms with Crippen LogP contribution in [0, 0.1) is 5.41 Å². The second kappa shape index (κ2) is 3.51. The summed E-state index contributed by atoms with van der Waals surface area (Å²) in [6.07, 6.45) is -3.96. The van der Waals surface area contributed by atoms with Gasteiger partial charge in [-0.2, -0.15) is 13.2 Å². The minimum atomic E-state index is -4.57. The molecule has 0 spiro atoms. The minimum absolute atomic E-state index is 0.446. The summed E-state index contributed by atoms with van der Waals surface area (Å²) in [7, 11) is 0. The molecule has 0 aliphatic carbocycles. The van der Waals surface area contributed by atoms with Gasteiger partial charge in [0.25, 0.3) is 0 Å². The second-order valence-electron chi connectivity index (χ2n) is 2.63. The fourth-order valence-corrected chi connectivity index (χ4v) is 0.831. The van der Waals surface area contributed by atoms with E-state index in [2.05, 4.69) is 19.2 Å². The highest BCUT2D eigenvalue weighted by Gasteiger charge is 2.54. The lowest BCUT2D eigenvalue weighted by molar-refractivity contribution is -0.209. The molecule has 0 N–H and O–H groups in total. The van der Waals surface area contributed by atoms with Gasteiger partial charge < -0.3 is 0 Å². The van der Waals surface area contributed by atoms with Crippen molar-refractivity contribution >= 4 is 17.7 Å². The maximum absolute atomic E-state index is 12.2. The Morgan fingerprint density at radius 2 is 2.00 bits per heavy atom. The molecule has 0 heterocycles. The standard InChI is InChI=1S/C7H9F3OS/c1-3-4-6(2,5(11)12)7(8,9)10/h3H,1,4H2,2H3,(H,11,12). The number of alkyl halides is 3. The van der Waals surface area contributed by atoms with E-state index in [0.717, 1.165) is 13.0 Å². The molecule has 12 heavy (non-hydrogen) atoms. The van der Waals surface area contributed by atoms with Crippen LogP contribution in [0.3, 0.4) is 0 Å². The van der Waals surface area contributed by atoms with Crippen molar-refractivity contribution in [2.75, 3.05) is 0 Å². The molecule has 0 fully saturated rings. The Morgan fingerprint density at radius 1 is 1.58 bits per heavy atom. The van der Waals surface area contributed by atoms with Gasteiger partial charge >= 0.3 is 6.18 Å². The first-order chi connectivity index (χ1) is 5.25. The maximum atomic E-state index is 12.2. The zero-order valence-corrected chi connectivity index (χ0v) is 7.38. The molecule has 0 aromatic carbocycles. The van der Waals surface area contributed by atoms with E-state index in [1.54, 1.807) is 0 Å². The highest BCUT2D eigenvalue weighted by Crippen LogP contribution is 2.42.